The molecule has 2 aromatic carbocycles. The molecule has 6 heteroatoms. The lowest BCUT2D eigenvalue weighted by Gasteiger charge is -2.18. The van der Waals surface area contributed by atoms with E-state index in [-0.39, 0.29) is 29.8 Å². The van der Waals surface area contributed by atoms with Crippen LogP contribution in [0.5, 0.6) is 11.5 Å². The van der Waals surface area contributed by atoms with Crippen LogP contribution < -0.4 is 10.1 Å². The number of nitrogens with one attached hydrogen (secondary N) is 1. The van der Waals surface area contributed by atoms with Crippen molar-refractivity contribution in [1.82, 2.24) is 10.3 Å². The van der Waals surface area contributed by atoms with Crippen LogP contribution >= 0.6 is 0 Å². The van der Waals surface area contributed by atoms with E-state index in [1.807, 2.05) is 56.3 Å². The average Bonchev–Trinajstić information content (AvgIpc) is 2.75. The topological polar surface area (TPSA) is 68.3 Å². The number of ketones is 1. The molecule has 0 unspecified atom stereocenters. The summed E-state index contributed by atoms with van der Waals surface area (Å²) in [4.78, 5) is 28.9. The van der Waals surface area contributed by atoms with Crippen molar-refractivity contribution < 1.29 is 18.7 Å². The SMILES string of the molecule is CC(=O)N[C@@H](CC(C)C)C(=O)Cc1cccc(-c2ccc(Oc3ccc(F)cc3)cc2)n1. The fourth-order valence-electron chi connectivity index (χ4n) is 3.36. The molecule has 166 valence electrons. The Bertz CT molecular complexity index is 1060. The minimum Gasteiger partial charge on any atom is -0.457 e. The van der Waals surface area contributed by atoms with Gasteiger partial charge in [0, 0.05) is 18.2 Å². The predicted octanol–water partition coefficient (Wildman–Crippen LogP) is 5.34. The van der Waals surface area contributed by atoms with E-state index in [0.29, 0.717) is 23.6 Å². The Kier molecular flexibility index (Phi) is 7.71. The zero-order valence-electron chi connectivity index (χ0n) is 18.5. The molecule has 3 rings (SSSR count). The van der Waals surface area contributed by atoms with Crippen LogP contribution in [-0.4, -0.2) is 22.7 Å². The monoisotopic (exact) mass is 434 g/mol. The van der Waals surface area contributed by atoms with Gasteiger partial charge in [0.1, 0.15) is 17.3 Å². The number of benzene rings is 2. The molecule has 1 atom stereocenters. The second kappa shape index (κ2) is 10.7. The van der Waals surface area contributed by atoms with Gasteiger partial charge in [-0.05, 0) is 73.0 Å². The third-order valence-corrected chi connectivity index (χ3v) is 4.83. The Morgan fingerprint density at radius 2 is 1.59 bits per heavy atom. The van der Waals surface area contributed by atoms with Crippen LogP contribution in [0.4, 0.5) is 4.39 Å². The lowest BCUT2D eigenvalue weighted by molar-refractivity contribution is -0.126. The molecule has 0 aliphatic rings. The first-order chi connectivity index (χ1) is 15.3. The summed E-state index contributed by atoms with van der Waals surface area (Å²) in [7, 11) is 0. The normalized spacial score (nSPS) is 11.8. The summed E-state index contributed by atoms with van der Waals surface area (Å²) >= 11 is 0. The highest BCUT2D eigenvalue weighted by molar-refractivity contribution is 5.89. The quantitative estimate of drug-likeness (QED) is 0.493. The summed E-state index contributed by atoms with van der Waals surface area (Å²) in [6, 6.07) is 18.3. The summed E-state index contributed by atoms with van der Waals surface area (Å²) in [6.07, 6.45) is 0.741. The second-order valence-corrected chi connectivity index (χ2v) is 8.12. The molecule has 1 aromatic heterocycles. The van der Waals surface area contributed by atoms with Crippen molar-refractivity contribution >= 4 is 11.7 Å². The smallest absolute Gasteiger partial charge is 0.217 e. The number of Topliss-reactive ketones (excluding diaryl/α,β-unsaturated/α-hetero) is 1. The Balaban J connectivity index is 1.70. The standard InChI is InChI=1S/C26H27FN2O3/c1-17(2)15-25(28-18(3)30)26(31)16-21-5-4-6-24(29-21)19-7-11-22(12-8-19)32-23-13-9-20(27)10-14-23/h4-14,17,25H,15-16H2,1-3H3,(H,28,30)/t25-/m0/s1. The molecule has 0 saturated heterocycles. The molecular formula is C26H27FN2O3. The number of ether oxygens (including phenoxy) is 1. The number of amides is 1. The fraction of sp³-hybridized carbons (Fsp3) is 0.269. The van der Waals surface area contributed by atoms with Gasteiger partial charge in [-0.1, -0.05) is 19.9 Å². The number of carbonyl (C=O) groups is 2. The van der Waals surface area contributed by atoms with Crippen molar-refractivity contribution in [3.8, 4) is 22.8 Å². The summed E-state index contributed by atoms with van der Waals surface area (Å²) in [5, 5.41) is 2.76. The maximum atomic E-state index is 13.0. The van der Waals surface area contributed by atoms with Crippen LogP contribution in [0.25, 0.3) is 11.3 Å². The average molecular weight is 435 g/mol. The van der Waals surface area contributed by atoms with E-state index >= 15 is 0 Å². The van der Waals surface area contributed by atoms with Crippen LogP contribution in [-0.2, 0) is 16.0 Å². The number of hydrogen-bond donors (Lipinski definition) is 1. The van der Waals surface area contributed by atoms with Crippen molar-refractivity contribution in [3.05, 3.63) is 78.2 Å². The van der Waals surface area contributed by atoms with Crippen molar-refractivity contribution in [3.63, 3.8) is 0 Å². The molecule has 0 aliphatic heterocycles. The Labute approximate surface area is 187 Å². The predicted molar refractivity (Wildman–Crippen MR) is 122 cm³/mol. The van der Waals surface area contributed by atoms with Crippen LogP contribution in [0.3, 0.4) is 0 Å². The molecule has 0 spiro atoms. The Hall–Kier alpha value is -3.54. The van der Waals surface area contributed by atoms with Gasteiger partial charge in [-0.3, -0.25) is 14.6 Å². The van der Waals surface area contributed by atoms with Crippen molar-refractivity contribution in [2.45, 2.75) is 39.7 Å². The van der Waals surface area contributed by atoms with E-state index < -0.39 is 6.04 Å². The first kappa shape index (κ1) is 23.1. The largest absolute Gasteiger partial charge is 0.457 e. The van der Waals surface area contributed by atoms with Gasteiger partial charge in [-0.25, -0.2) is 4.39 Å². The number of pyridine rings is 1. The highest BCUT2D eigenvalue weighted by Crippen LogP contribution is 2.25. The van der Waals surface area contributed by atoms with Gasteiger partial charge in [0.25, 0.3) is 0 Å². The van der Waals surface area contributed by atoms with E-state index in [0.717, 1.165) is 11.3 Å². The van der Waals surface area contributed by atoms with E-state index in [1.54, 1.807) is 12.1 Å². The number of hydrogen-bond acceptors (Lipinski definition) is 4. The first-order valence-corrected chi connectivity index (χ1v) is 10.6. The van der Waals surface area contributed by atoms with E-state index in [9.17, 15) is 14.0 Å². The van der Waals surface area contributed by atoms with Crippen LogP contribution in [0.1, 0.15) is 32.9 Å². The summed E-state index contributed by atoms with van der Waals surface area (Å²) in [5.41, 5.74) is 2.27. The van der Waals surface area contributed by atoms with Crippen LogP contribution in [0, 0.1) is 11.7 Å². The maximum absolute atomic E-state index is 13.0. The lowest BCUT2D eigenvalue weighted by atomic mass is 9.97. The fourth-order valence-corrected chi connectivity index (χ4v) is 3.36. The first-order valence-electron chi connectivity index (χ1n) is 10.6. The molecular weight excluding hydrogens is 407 g/mol. The third kappa shape index (κ3) is 6.74. The van der Waals surface area contributed by atoms with Gasteiger partial charge in [0.05, 0.1) is 18.2 Å². The molecule has 1 heterocycles. The lowest BCUT2D eigenvalue weighted by Crippen LogP contribution is -2.41. The number of aromatic nitrogens is 1. The summed E-state index contributed by atoms with van der Waals surface area (Å²) < 4.78 is 18.8. The molecule has 0 saturated carbocycles. The van der Waals surface area contributed by atoms with Crippen molar-refractivity contribution in [2.24, 2.45) is 5.92 Å². The van der Waals surface area contributed by atoms with Crippen LogP contribution in [0.2, 0.25) is 0 Å². The molecule has 0 fully saturated rings. The van der Waals surface area contributed by atoms with Crippen LogP contribution in [0.15, 0.2) is 66.7 Å². The molecule has 5 nitrogen and oxygen atoms in total. The number of nitrogens with zero attached hydrogens (tertiary/aromatic N) is 1. The minimum atomic E-state index is -0.513. The maximum Gasteiger partial charge on any atom is 0.217 e. The molecule has 0 bridgehead atoms. The molecule has 3 aromatic rings. The van der Waals surface area contributed by atoms with Gasteiger partial charge >= 0.3 is 0 Å². The number of carbonyl (C=O) groups excluding carboxylic acids is 2. The molecule has 0 aliphatic carbocycles. The van der Waals surface area contributed by atoms with E-state index in [2.05, 4.69) is 10.3 Å². The van der Waals surface area contributed by atoms with Crippen molar-refractivity contribution in [2.75, 3.05) is 0 Å². The Morgan fingerprint density at radius 1 is 0.969 bits per heavy atom. The summed E-state index contributed by atoms with van der Waals surface area (Å²) in [6.45, 7) is 5.46. The molecule has 1 N–H and O–H groups in total. The highest BCUT2D eigenvalue weighted by atomic mass is 19.1. The third-order valence-electron chi connectivity index (χ3n) is 4.83. The van der Waals surface area contributed by atoms with Gasteiger partial charge in [-0.15, -0.1) is 0 Å². The van der Waals surface area contributed by atoms with Gasteiger partial charge < -0.3 is 10.1 Å². The van der Waals surface area contributed by atoms with Crippen molar-refractivity contribution in [1.29, 1.82) is 0 Å². The molecule has 0 radical (unpaired) electrons. The zero-order valence-corrected chi connectivity index (χ0v) is 18.5. The second-order valence-electron chi connectivity index (χ2n) is 8.12. The number of rotatable bonds is 9. The molecule has 1 amide bonds. The minimum absolute atomic E-state index is 0.0541. The summed E-state index contributed by atoms with van der Waals surface area (Å²) in [5.74, 6) is 0.872. The Morgan fingerprint density at radius 3 is 2.19 bits per heavy atom. The molecule has 32 heavy (non-hydrogen) atoms. The van der Waals surface area contributed by atoms with Gasteiger partial charge in [0.2, 0.25) is 5.91 Å². The van der Waals surface area contributed by atoms with Gasteiger partial charge in [-0.2, -0.15) is 0 Å². The zero-order chi connectivity index (χ0) is 23.1. The number of halogens is 1. The van der Waals surface area contributed by atoms with Gasteiger partial charge in [0.15, 0.2) is 5.78 Å². The highest BCUT2D eigenvalue weighted by Gasteiger charge is 2.21. The van der Waals surface area contributed by atoms with E-state index in [1.165, 1.54) is 19.1 Å². The van der Waals surface area contributed by atoms with E-state index in [4.69, 9.17) is 4.74 Å².